The number of Topliss-reactive ketones (excluding diaryl/α,β-unsaturated/α-hetero) is 1. The largest absolute Gasteiger partial charge is 0.508 e. The molecule has 2 heterocycles. The van der Waals surface area contributed by atoms with Gasteiger partial charge in [0.2, 0.25) is 5.78 Å². The highest BCUT2D eigenvalue weighted by molar-refractivity contribution is 6.20. The molecule has 1 amide bonds. The lowest BCUT2D eigenvalue weighted by Crippen LogP contribution is -2.30. The Hall–Kier alpha value is -4.52. The number of furan rings is 1. The van der Waals surface area contributed by atoms with Gasteiger partial charge in [0.1, 0.15) is 5.75 Å². The van der Waals surface area contributed by atoms with E-state index in [1.807, 2.05) is 0 Å². The van der Waals surface area contributed by atoms with Crippen molar-refractivity contribution in [1.82, 2.24) is 0 Å². The molecule has 1 unspecified atom stereocenters. The molecule has 3 aromatic carbocycles. The van der Waals surface area contributed by atoms with Crippen molar-refractivity contribution in [3.8, 4) is 11.5 Å². The van der Waals surface area contributed by atoms with Crippen LogP contribution in [-0.4, -0.2) is 29.0 Å². The van der Waals surface area contributed by atoms with Crippen LogP contribution in [-0.2, 0) is 4.79 Å². The van der Waals surface area contributed by atoms with Crippen LogP contribution in [0, 0.1) is 0 Å². The number of amides is 1. The first kappa shape index (κ1) is 20.4. The molecule has 0 saturated carbocycles. The van der Waals surface area contributed by atoms with E-state index >= 15 is 0 Å². The van der Waals surface area contributed by atoms with Crippen LogP contribution >= 0.6 is 0 Å². The highest BCUT2D eigenvalue weighted by Crippen LogP contribution is 2.42. The fourth-order valence-electron chi connectivity index (χ4n) is 4.11. The molecule has 7 nitrogen and oxygen atoms in total. The molecule has 0 spiro atoms. The van der Waals surface area contributed by atoms with Gasteiger partial charge < -0.3 is 19.4 Å². The standard InChI is InChI=1S/C26H19NO6/c1-32-19-9-5-6-16-14-20(33-25(16)19)23(29)21-22(15-10-12-18(28)13-11-15)27(26(31)24(21)30)17-7-3-2-4-8-17/h2-14,22,28,30H,1H3. The number of carbonyl (C=O) groups is 2. The van der Waals surface area contributed by atoms with Crippen LogP contribution < -0.4 is 9.64 Å². The minimum absolute atomic E-state index is 0.0254. The van der Waals surface area contributed by atoms with E-state index in [0.717, 1.165) is 0 Å². The minimum Gasteiger partial charge on any atom is -0.508 e. The lowest BCUT2D eigenvalue weighted by Gasteiger charge is -2.26. The summed E-state index contributed by atoms with van der Waals surface area (Å²) in [4.78, 5) is 28.1. The molecule has 2 N–H and O–H groups in total. The Labute approximate surface area is 188 Å². The second-order valence-electron chi connectivity index (χ2n) is 7.59. The summed E-state index contributed by atoms with van der Waals surface area (Å²) in [7, 11) is 1.50. The molecule has 0 radical (unpaired) electrons. The number of para-hydroxylation sites is 2. The van der Waals surface area contributed by atoms with Crippen LogP contribution in [0.1, 0.15) is 22.2 Å². The van der Waals surface area contributed by atoms with Gasteiger partial charge in [-0.05, 0) is 42.0 Å². The van der Waals surface area contributed by atoms with Gasteiger partial charge in [0.25, 0.3) is 5.91 Å². The minimum atomic E-state index is -0.914. The lowest BCUT2D eigenvalue weighted by atomic mass is 9.94. The average molecular weight is 441 g/mol. The molecule has 0 saturated heterocycles. The molecular formula is C26H19NO6. The molecule has 1 aliphatic heterocycles. The Bertz CT molecular complexity index is 1400. The van der Waals surface area contributed by atoms with Crippen molar-refractivity contribution in [3.63, 3.8) is 0 Å². The van der Waals surface area contributed by atoms with Gasteiger partial charge in [-0.2, -0.15) is 0 Å². The fraction of sp³-hybridized carbons (Fsp3) is 0.0769. The monoisotopic (exact) mass is 441 g/mol. The predicted molar refractivity (Wildman–Crippen MR) is 122 cm³/mol. The Balaban J connectivity index is 1.66. The third kappa shape index (κ3) is 3.30. The van der Waals surface area contributed by atoms with E-state index in [4.69, 9.17) is 9.15 Å². The third-order valence-electron chi connectivity index (χ3n) is 5.65. The van der Waals surface area contributed by atoms with Crippen molar-refractivity contribution in [2.75, 3.05) is 12.0 Å². The molecule has 0 fully saturated rings. The number of nitrogens with zero attached hydrogens (tertiary/aromatic N) is 1. The van der Waals surface area contributed by atoms with Crippen LogP contribution in [0.4, 0.5) is 5.69 Å². The van der Waals surface area contributed by atoms with Crippen molar-refractivity contribution in [2.24, 2.45) is 0 Å². The number of methoxy groups -OCH3 is 1. The number of benzene rings is 3. The first-order valence-electron chi connectivity index (χ1n) is 10.2. The van der Waals surface area contributed by atoms with Crippen molar-refractivity contribution in [2.45, 2.75) is 6.04 Å². The number of ketones is 1. The van der Waals surface area contributed by atoms with E-state index < -0.39 is 23.5 Å². The van der Waals surface area contributed by atoms with Crippen LogP contribution in [0.5, 0.6) is 11.5 Å². The van der Waals surface area contributed by atoms with Crippen molar-refractivity contribution >= 4 is 28.3 Å². The number of fused-ring (bicyclic) bond motifs is 1. The number of aliphatic hydroxyl groups excluding tert-OH is 1. The summed E-state index contributed by atoms with van der Waals surface area (Å²) >= 11 is 0. The van der Waals surface area contributed by atoms with Gasteiger partial charge in [0, 0.05) is 11.1 Å². The zero-order valence-corrected chi connectivity index (χ0v) is 17.6. The maximum Gasteiger partial charge on any atom is 0.294 e. The van der Waals surface area contributed by atoms with Gasteiger partial charge in [0.15, 0.2) is 22.9 Å². The zero-order chi connectivity index (χ0) is 23.1. The van der Waals surface area contributed by atoms with E-state index in [-0.39, 0.29) is 17.1 Å². The van der Waals surface area contributed by atoms with Crippen LogP contribution in [0.25, 0.3) is 11.0 Å². The summed E-state index contributed by atoms with van der Waals surface area (Å²) in [5, 5.41) is 21.2. The van der Waals surface area contributed by atoms with E-state index in [1.54, 1.807) is 66.7 Å². The molecule has 4 aromatic rings. The molecule has 1 aromatic heterocycles. The number of phenols is 1. The maximum absolute atomic E-state index is 13.6. The fourth-order valence-corrected chi connectivity index (χ4v) is 4.11. The smallest absolute Gasteiger partial charge is 0.294 e. The van der Waals surface area contributed by atoms with Gasteiger partial charge in [-0.1, -0.05) is 42.5 Å². The molecule has 33 heavy (non-hydrogen) atoms. The molecule has 7 heteroatoms. The Morgan fingerprint density at radius 1 is 0.970 bits per heavy atom. The van der Waals surface area contributed by atoms with E-state index in [0.29, 0.717) is 28.0 Å². The quantitative estimate of drug-likeness (QED) is 0.426. The first-order valence-corrected chi connectivity index (χ1v) is 10.2. The summed E-state index contributed by atoms with van der Waals surface area (Å²) in [5.41, 5.74) is 1.36. The summed E-state index contributed by atoms with van der Waals surface area (Å²) < 4.78 is 11.1. The number of phenolic OH excluding ortho intramolecular Hbond substituents is 1. The number of aromatic hydroxyl groups is 1. The third-order valence-corrected chi connectivity index (χ3v) is 5.65. The number of anilines is 1. The van der Waals surface area contributed by atoms with Crippen molar-refractivity contribution in [1.29, 1.82) is 0 Å². The zero-order valence-electron chi connectivity index (χ0n) is 17.6. The Morgan fingerprint density at radius 3 is 2.39 bits per heavy atom. The average Bonchev–Trinajstić information content (AvgIpc) is 3.39. The molecule has 164 valence electrons. The normalized spacial score (nSPS) is 16.0. The topological polar surface area (TPSA) is 100 Å². The number of rotatable bonds is 5. The number of hydrogen-bond acceptors (Lipinski definition) is 6. The molecule has 0 bridgehead atoms. The number of hydrogen-bond donors (Lipinski definition) is 2. The van der Waals surface area contributed by atoms with E-state index in [1.165, 1.54) is 24.1 Å². The number of ether oxygens (including phenoxy) is 1. The first-order chi connectivity index (χ1) is 16.0. The van der Waals surface area contributed by atoms with Crippen molar-refractivity contribution < 1.29 is 29.0 Å². The Kier molecular flexibility index (Phi) is 4.86. The molecule has 0 aliphatic carbocycles. The summed E-state index contributed by atoms with van der Waals surface area (Å²) in [6, 6.07) is 20.8. The number of aliphatic hydroxyl groups is 1. The summed E-state index contributed by atoms with van der Waals surface area (Å²) in [6.07, 6.45) is 0. The molecule has 5 rings (SSSR count). The van der Waals surface area contributed by atoms with Gasteiger partial charge in [-0.25, -0.2) is 0 Å². The molecule has 1 aliphatic rings. The van der Waals surface area contributed by atoms with Crippen LogP contribution in [0.15, 0.2) is 94.6 Å². The molecule has 1 atom stereocenters. The molecular weight excluding hydrogens is 422 g/mol. The number of carbonyl (C=O) groups excluding carboxylic acids is 2. The SMILES string of the molecule is COc1cccc2cc(C(=O)C3=C(O)C(=O)N(c4ccccc4)C3c3ccc(O)cc3)oc12. The summed E-state index contributed by atoms with van der Waals surface area (Å²) in [6.45, 7) is 0. The van der Waals surface area contributed by atoms with Crippen LogP contribution in [0.3, 0.4) is 0 Å². The highest BCUT2D eigenvalue weighted by atomic mass is 16.5. The van der Waals surface area contributed by atoms with Gasteiger partial charge in [0.05, 0.1) is 18.7 Å². The second-order valence-corrected chi connectivity index (χ2v) is 7.59. The van der Waals surface area contributed by atoms with E-state index in [9.17, 15) is 19.8 Å². The highest BCUT2D eigenvalue weighted by Gasteiger charge is 2.45. The Morgan fingerprint density at radius 2 is 1.70 bits per heavy atom. The van der Waals surface area contributed by atoms with Gasteiger partial charge in [-0.3, -0.25) is 14.5 Å². The maximum atomic E-state index is 13.6. The predicted octanol–water partition coefficient (Wildman–Crippen LogP) is 4.93. The second kappa shape index (κ2) is 7.87. The summed E-state index contributed by atoms with van der Waals surface area (Å²) in [5.74, 6) is -1.48. The van der Waals surface area contributed by atoms with Crippen molar-refractivity contribution in [3.05, 3.63) is 102 Å². The van der Waals surface area contributed by atoms with Gasteiger partial charge in [-0.15, -0.1) is 0 Å². The lowest BCUT2D eigenvalue weighted by molar-refractivity contribution is -0.117. The van der Waals surface area contributed by atoms with Crippen LogP contribution in [0.2, 0.25) is 0 Å². The van der Waals surface area contributed by atoms with Gasteiger partial charge >= 0.3 is 0 Å². The van der Waals surface area contributed by atoms with E-state index in [2.05, 4.69) is 0 Å².